The fourth-order valence-electron chi connectivity index (χ4n) is 2.85. The van der Waals surface area contributed by atoms with Gasteiger partial charge in [0.25, 0.3) is 0 Å². The van der Waals surface area contributed by atoms with Gasteiger partial charge >= 0.3 is 0 Å². The Morgan fingerprint density at radius 2 is 2.28 bits per heavy atom. The summed E-state index contributed by atoms with van der Waals surface area (Å²) in [6.45, 7) is 5.53. The third-order valence-electron chi connectivity index (χ3n) is 4.22. The molecule has 1 aromatic heterocycles. The average molecular weight is 251 g/mol. The summed E-state index contributed by atoms with van der Waals surface area (Å²) in [5.41, 5.74) is 0.208. The van der Waals surface area contributed by atoms with Crippen LogP contribution in [-0.2, 0) is 6.54 Å². The van der Waals surface area contributed by atoms with E-state index in [0.717, 1.165) is 31.9 Å². The Morgan fingerprint density at radius 1 is 1.50 bits per heavy atom. The lowest BCUT2D eigenvalue weighted by atomic mass is 9.69. The lowest BCUT2D eigenvalue weighted by molar-refractivity contribution is 0.0142. The van der Waals surface area contributed by atoms with Crippen LogP contribution in [0.3, 0.4) is 0 Å². The summed E-state index contributed by atoms with van der Waals surface area (Å²) in [6.07, 6.45) is 8.69. The van der Waals surface area contributed by atoms with Crippen molar-refractivity contribution in [1.29, 1.82) is 0 Å². The van der Waals surface area contributed by atoms with Crippen molar-refractivity contribution in [2.24, 2.45) is 5.41 Å². The molecule has 1 fully saturated rings. The van der Waals surface area contributed by atoms with Crippen LogP contribution in [0.5, 0.6) is 0 Å². The molecule has 2 rings (SSSR count). The van der Waals surface area contributed by atoms with Crippen LogP contribution in [0.25, 0.3) is 0 Å². The van der Waals surface area contributed by atoms with Gasteiger partial charge in [-0.15, -0.1) is 0 Å². The second-order valence-corrected chi connectivity index (χ2v) is 5.77. The molecule has 102 valence electrons. The Balaban J connectivity index is 1.69. The van der Waals surface area contributed by atoms with Crippen LogP contribution in [0.2, 0.25) is 0 Å². The fourth-order valence-corrected chi connectivity index (χ4v) is 2.85. The van der Waals surface area contributed by atoms with E-state index >= 15 is 0 Å². The lowest BCUT2D eigenvalue weighted by Gasteiger charge is -2.43. The maximum Gasteiger partial charge on any atom is 0.105 e. The third-order valence-corrected chi connectivity index (χ3v) is 4.22. The molecule has 4 nitrogen and oxygen atoms in total. The predicted molar refractivity (Wildman–Crippen MR) is 72.4 cm³/mol. The van der Waals surface area contributed by atoms with Gasteiger partial charge in [-0.05, 0) is 39.8 Å². The maximum absolute atomic E-state index is 9.46. The standard InChI is InChI=1S/C14H25N3O/c1-13-15-7-10-17(13)9-4-8-16(2)11-14(12-18)5-3-6-14/h7,10,18H,3-6,8-9,11-12H2,1-2H3. The Kier molecular flexibility index (Phi) is 4.40. The van der Waals surface area contributed by atoms with Crippen LogP contribution in [-0.4, -0.2) is 46.3 Å². The summed E-state index contributed by atoms with van der Waals surface area (Å²) in [5.74, 6) is 1.09. The van der Waals surface area contributed by atoms with Crippen molar-refractivity contribution in [3.05, 3.63) is 18.2 Å². The molecule has 0 radical (unpaired) electrons. The topological polar surface area (TPSA) is 41.3 Å². The van der Waals surface area contributed by atoms with Gasteiger partial charge in [0, 0.05) is 37.5 Å². The summed E-state index contributed by atoms with van der Waals surface area (Å²) in [4.78, 5) is 6.59. The molecule has 1 aromatic rings. The van der Waals surface area contributed by atoms with Crippen LogP contribution in [0, 0.1) is 12.3 Å². The van der Waals surface area contributed by atoms with E-state index in [4.69, 9.17) is 0 Å². The smallest absolute Gasteiger partial charge is 0.105 e. The minimum atomic E-state index is 0.208. The van der Waals surface area contributed by atoms with Crippen LogP contribution in [0.15, 0.2) is 12.4 Å². The van der Waals surface area contributed by atoms with Crippen molar-refractivity contribution < 1.29 is 5.11 Å². The molecule has 1 aliphatic rings. The van der Waals surface area contributed by atoms with Gasteiger partial charge in [0.2, 0.25) is 0 Å². The number of nitrogens with zero attached hydrogens (tertiary/aromatic N) is 3. The molecular formula is C14H25N3O. The first-order valence-electron chi connectivity index (χ1n) is 6.92. The first kappa shape index (κ1) is 13.6. The normalized spacial score (nSPS) is 18.0. The number of hydrogen-bond acceptors (Lipinski definition) is 3. The van der Waals surface area contributed by atoms with E-state index in [9.17, 15) is 5.11 Å². The van der Waals surface area contributed by atoms with Gasteiger partial charge in [0.15, 0.2) is 0 Å². The number of hydrogen-bond donors (Lipinski definition) is 1. The van der Waals surface area contributed by atoms with E-state index in [2.05, 4.69) is 21.5 Å². The Labute approximate surface area is 110 Å². The summed E-state index contributed by atoms with van der Waals surface area (Å²) >= 11 is 0. The first-order chi connectivity index (χ1) is 8.65. The van der Waals surface area contributed by atoms with Gasteiger partial charge in [0.05, 0.1) is 0 Å². The second-order valence-electron chi connectivity index (χ2n) is 5.77. The van der Waals surface area contributed by atoms with Gasteiger partial charge in [-0.1, -0.05) is 6.42 Å². The number of aromatic nitrogens is 2. The van der Waals surface area contributed by atoms with E-state index in [1.807, 2.05) is 19.3 Å². The van der Waals surface area contributed by atoms with Gasteiger partial charge < -0.3 is 14.6 Å². The largest absolute Gasteiger partial charge is 0.396 e. The average Bonchev–Trinajstić information content (AvgIpc) is 2.70. The van der Waals surface area contributed by atoms with E-state index in [-0.39, 0.29) is 5.41 Å². The van der Waals surface area contributed by atoms with Gasteiger partial charge in [-0.3, -0.25) is 0 Å². The van der Waals surface area contributed by atoms with E-state index in [1.54, 1.807) is 0 Å². The Hall–Kier alpha value is -0.870. The van der Waals surface area contributed by atoms with Crippen molar-refractivity contribution in [1.82, 2.24) is 14.5 Å². The second kappa shape index (κ2) is 5.85. The summed E-state index contributed by atoms with van der Waals surface area (Å²) in [5, 5.41) is 9.46. The minimum Gasteiger partial charge on any atom is -0.396 e. The van der Waals surface area contributed by atoms with Crippen LogP contribution >= 0.6 is 0 Å². The molecule has 1 aliphatic carbocycles. The molecular weight excluding hydrogens is 226 g/mol. The van der Waals surface area contributed by atoms with E-state index in [1.165, 1.54) is 19.3 Å². The van der Waals surface area contributed by atoms with Gasteiger partial charge in [-0.2, -0.15) is 0 Å². The highest BCUT2D eigenvalue weighted by molar-refractivity contribution is 4.90. The van der Waals surface area contributed by atoms with Crippen LogP contribution in [0.4, 0.5) is 0 Å². The zero-order valence-electron chi connectivity index (χ0n) is 11.6. The molecule has 0 spiro atoms. The molecule has 1 saturated carbocycles. The van der Waals surface area contributed by atoms with Crippen molar-refractivity contribution in [3.63, 3.8) is 0 Å². The highest BCUT2D eigenvalue weighted by Gasteiger charge is 2.36. The molecule has 1 N–H and O–H groups in total. The Bertz CT molecular complexity index is 365. The van der Waals surface area contributed by atoms with Crippen LogP contribution < -0.4 is 0 Å². The number of imidazole rings is 1. The van der Waals surface area contributed by atoms with Gasteiger partial charge in [0.1, 0.15) is 5.82 Å². The van der Waals surface area contributed by atoms with E-state index in [0.29, 0.717) is 6.61 Å². The molecule has 0 atom stereocenters. The van der Waals surface area contributed by atoms with Crippen molar-refractivity contribution in [2.45, 2.75) is 39.2 Å². The number of aliphatic hydroxyl groups excluding tert-OH is 1. The molecule has 0 bridgehead atoms. The maximum atomic E-state index is 9.46. The number of aryl methyl sites for hydroxylation is 2. The summed E-state index contributed by atoms with van der Waals surface area (Å²) < 4.78 is 2.19. The molecule has 0 amide bonds. The molecule has 0 unspecified atom stereocenters. The summed E-state index contributed by atoms with van der Waals surface area (Å²) in [6, 6.07) is 0. The van der Waals surface area contributed by atoms with E-state index < -0.39 is 0 Å². The van der Waals surface area contributed by atoms with Crippen molar-refractivity contribution in [2.75, 3.05) is 26.7 Å². The molecule has 4 heteroatoms. The Morgan fingerprint density at radius 3 is 2.78 bits per heavy atom. The zero-order valence-corrected chi connectivity index (χ0v) is 11.6. The van der Waals surface area contributed by atoms with Crippen LogP contribution in [0.1, 0.15) is 31.5 Å². The number of rotatable bonds is 7. The fraction of sp³-hybridized carbons (Fsp3) is 0.786. The van der Waals surface area contributed by atoms with Crippen molar-refractivity contribution in [3.8, 4) is 0 Å². The zero-order chi connectivity index (χ0) is 13.0. The minimum absolute atomic E-state index is 0.208. The predicted octanol–water partition coefficient (Wildman–Crippen LogP) is 1.68. The van der Waals surface area contributed by atoms with Gasteiger partial charge in [-0.25, -0.2) is 4.98 Å². The molecule has 0 aliphatic heterocycles. The SMILES string of the molecule is Cc1nccn1CCCN(C)CC1(CO)CCC1. The quantitative estimate of drug-likeness (QED) is 0.801. The molecule has 0 aromatic carbocycles. The molecule has 1 heterocycles. The van der Waals surface area contributed by atoms with Crippen molar-refractivity contribution >= 4 is 0 Å². The number of aliphatic hydroxyl groups is 1. The summed E-state index contributed by atoms with van der Waals surface area (Å²) in [7, 11) is 2.16. The first-order valence-corrected chi connectivity index (χ1v) is 6.92. The molecule has 18 heavy (non-hydrogen) atoms. The monoisotopic (exact) mass is 251 g/mol. The third kappa shape index (κ3) is 3.12. The highest BCUT2D eigenvalue weighted by Crippen LogP contribution is 2.40. The highest BCUT2D eigenvalue weighted by atomic mass is 16.3. The lowest BCUT2D eigenvalue weighted by Crippen LogP contribution is -2.43. The molecule has 0 saturated heterocycles.